The molecule has 0 heterocycles. The summed E-state index contributed by atoms with van der Waals surface area (Å²) in [5, 5.41) is 0. The van der Waals surface area contributed by atoms with Crippen molar-refractivity contribution in [1.82, 2.24) is 4.90 Å². The minimum atomic E-state index is -3.35. The number of hydrogen-bond donors (Lipinski definition) is 0. The molecule has 0 fully saturated rings. The van der Waals surface area contributed by atoms with Crippen molar-refractivity contribution < 1.29 is 13.2 Å². The highest BCUT2D eigenvalue weighted by Gasteiger charge is 2.16. The van der Waals surface area contributed by atoms with Crippen LogP contribution in [0.3, 0.4) is 0 Å². The lowest BCUT2D eigenvalue weighted by Gasteiger charge is -2.10. The number of benzene rings is 1. The second-order valence-corrected chi connectivity index (χ2v) is 6.28. The third-order valence-corrected chi connectivity index (χ3v) is 4.20. The molecule has 17 heavy (non-hydrogen) atoms. The van der Waals surface area contributed by atoms with Gasteiger partial charge in [-0.05, 0) is 19.1 Å². The van der Waals surface area contributed by atoms with Gasteiger partial charge in [0.05, 0.1) is 10.6 Å². The van der Waals surface area contributed by atoms with Crippen LogP contribution in [-0.4, -0.2) is 39.1 Å². The lowest BCUT2D eigenvalue weighted by molar-refractivity contribution is -0.128. The molecule has 1 rings (SSSR count). The average molecular weight is 255 g/mol. The molecule has 1 aromatic rings. The van der Waals surface area contributed by atoms with E-state index in [4.69, 9.17) is 0 Å². The lowest BCUT2D eigenvalue weighted by Crippen LogP contribution is -2.24. The first-order valence-corrected chi connectivity index (χ1v) is 6.98. The van der Waals surface area contributed by atoms with Crippen LogP contribution in [-0.2, 0) is 14.6 Å². The maximum Gasteiger partial charge on any atom is 0.223 e. The zero-order valence-corrected chi connectivity index (χ0v) is 11.1. The third-order valence-electron chi connectivity index (χ3n) is 2.46. The van der Waals surface area contributed by atoms with Gasteiger partial charge in [-0.15, -0.1) is 0 Å². The number of aryl methyl sites for hydroxylation is 1. The zero-order valence-electron chi connectivity index (χ0n) is 10.3. The molecular weight excluding hydrogens is 238 g/mol. The lowest BCUT2D eigenvalue weighted by atomic mass is 10.2. The van der Waals surface area contributed by atoms with Crippen molar-refractivity contribution in [3.05, 3.63) is 29.8 Å². The quantitative estimate of drug-likeness (QED) is 0.813. The predicted octanol–water partition coefficient (Wildman–Crippen LogP) is 1.25. The van der Waals surface area contributed by atoms with Crippen LogP contribution in [0.25, 0.3) is 0 Å². The van der Waals surface area contributed by atoms with Crippen molar-refractivity contribution in [1.29, 1.82) is 0 Å². The summed E-state index contributed by atoms with van der Waals surface area (Å²) in [7, 11) is -0.129. The molecule has 0 radical (unpaired) electrons. The van der Waals surface area contributed by atoms with E-state index in [1.807, 2.05) is 6.92 Å². The monoisotopic (exact) mass is 255 g/mol. The number of amides is 1. The highest BCUT2D eigenvalue weighted by molar-refractivity contribution is 7.91. The van der Waals surface area contributed by atoms with Crippen molar-refractivity contribution >= 4 is 15.7 Å². The Morgan fingerprint density at radius 2 is 1.71 bits per heavy atom. The van der Waals surface area contributed by atoms with Gasteiger partial charge in [0.1, 0.15) is 0 Å². The molecular formula is C12H17NO3S. The van der Waals surface area contributed by atoms with E-state index in [9.17, 15) is 13.2 Å². The highest BCUT2D eigenvalue weighted by atomic mass is 32.2. The molecule has 0 unspecified atom stereocenters. The largest absolute Gasteiger partial charge is 0.349 e. The molecule has 0 aliphatic heterocycles. The normalized spacial score (nSPS) is 11.2. The molecule has 4 nitrogen and oxygen atoms in total. The first-order chi connectivity index (χ1) is 7.83. The van der Waals surface area contributed by atoms with E-state index >= 15 is 0 Å². The van der Waals surface area contributed by atoms with Crippen LogP contribution < -0.4 is 0 Å². The molecule has 0 aliphatic rings. The molecule has 0 atom stereocenters. The topological polar surface area (TPSA) is 54.5 Å². The fourth-order valence-electron chi connectivity index (χ4n) is 1.31. The molecule has 0 saturated heterocycles. The molecule has 1 aromatic carbocycles. The number of carbonyl (C=O) groups is 1. The second kappa shape index (κ2) is 5.31. The summed E-state index contributed by atoms with van der Waals surface area (Å²) in [5.74, 6) is -0.326. The second-order valence-electron chi connectivity index (χ2n) is 4.17. The highest BCUT2D eigenvalue weighted by Crippen LogP contribution is 2.13. The minimum Gasteiger partial charge on any atom is -0.349 e. The van der Waals surface area contributed by atoms with Gasteiger partial charge < -0.3 is 4.90 Å². The van der Waals surface area contributed by atoms with Crippen LogP contribution in [0.2, 0.25) is 0 Å². The van der Waals surface area contributed by atoms with E-state index < -0.39 is 9.84 Å². The van der Waals surface area contributed by atoms with Crippen LogP contribution in [0.1, 0.15) is 12.0 Å². The van der Waals surface area contributed by atoms with Gasteiger partial charge in [0.25, 0.3) is 0 Å². The van der Waals surface area contributed by atoms with Crippen molar-refractivity contribution in [3.63, 3.8) is 0 Å². The summed E-state index contributed by atoms with van der Waals surface area (Å²) >= 11 is 0. The first-order valence-electron chi connectivity index (χ1n) is 5.32. The Labute approximate surface area is 102 Å². The number of nitrogens with zero attached hydrogens (tertiary/aromatic N) is 1. The molecule has 0 spiro atoms. The van der Waals surface area contributed by atoms with Gasteiger partial charge in [0.15, 0.2) is 9.84 Å². The summed E-state index contributed by atoms with van der Waals surface area (Å²) in [6, 6.07) is 6.65. The van der Waals surface area contributed by atoms with Gasteiger partial charge >= 0.3 is 0 Å². The molecule has 0 saturated carbocycles. The number of sulfone groups is 1. The predicted molar refractivity (Wildman–Crippen MR) is 66.5 cm³/mol. The van der Waals surface area contributed by atoms with Gasteiger partial charge in [0.2, 0.25) is 5.91 Å². The molecule has 0 aliphatic carbocycles. The summed E-state index contributed by atoms with van der Waals surface area (Å²) in [6.07, 6.45) is 0.0171. The Morgan fingerprint density at radius 3 is 2.18 bits per heavy atom. The van der Waals surface area contributed by atoms with Crippen LogP contribution in [0.4, 0.5) is 0 Å². The fourth-order valence-corrected chi connectivity index (χ4v) is 2.54. The SMILES string of the molecule is Cc1ccc(S(=O)(=O)CCC(=O)N(C)C)cc1. The average Bonchev–Trinajstić information content (AvgIpc) is 2.26. The number of carbonyl (C=O) groups excluding carboxylic acids is 1. The summed E-state index contributed by atoms with van der Waals surface area (Å²) in [5.41, 5.74) is 1.01. The van der Waals surface area contributed by atoms with Crippen LogP contribution >= 0.6 is 0 Å². The van der Waals surface area contributed by atoms with Crippen molar-refractivity contribution in [3.8, 4) is 0 Å². The Bertz CT molecular complexity index is 489. The van der Waals surface area contributed by atoms with Crippen LogP contribution in [0, 0.1) is 6.92 Å². The molecule has 94 valence electrons. The van der Waals surface area contributed by atoms with Crippen LogP contribution in [0.15, 0.2) is 29.2 Å². The van der Waals surface area contributed by atoms with Gasteiger partial charge in [-0.3, -0.25) is 4.79 Å². The Kier molecular flexibility index (Phi) is 4.28. The van der Waals surface area contributed by atoms with E-state index in [0.29, 0.717) is 0 Å². The number of rotatable bonds is 4. The Balaban J connectivity index is 2.76. The van der Waals surface area contributed by atoms with E-state index in [0.717, 1.165) is 5.56 Å². The summed E-state index contributed by atoms with van der Waals surface area (Å²) in [4.78, 5) is 13.0. The Hall–Kier alpha value is -1.36. The molecule has 1 amide bonds. The van der Waals surface area contributed by atoms with Crippen molar-refractivity contribution in [2.24, 2.45) is 0 Å². The first kappa shape index (κ1) is 13.7. The maximum absolute atomic E-state index is 11.9. The van der Waals surface area contributed by atoms with E-state index in [-0.39, 0.29) is 23.0 Å². The van der Waals surface area contributed by atoms with E-state index in [1.54, 1.807) is 38.4 Å². The van der Waals surface area contributed by atoms with Gasteiger partial charge in [0, 0.05) is 20.5 Å². The summed E-state index contributed by atoms with van der Waals surface area (Å²) < 4.78 is 23.8. The van der Waals surface area contributed by atoms with Gasteiger partial charge in [-0.1, -0.05) is 17.7 Å². The smallest absolute Gasteiger partial charge is 0.223 e. The standard InChI is InChI=1S/C12H17NO3S/c1-10-4-6-11(7-5-10)17(15,16)9-8-12(14)13(2)3/h4-7H,8-9H2,1-3H3. The van der Waals surface area contributed by atoms with Gasteiger partial charge in [-0.2, -0.15) is 0 Å². The fraction of sp³-hybridized carbons (Fsp3) is 0.417. The zero-order chi connectivity index (χ0) is 13.1. The summed E-state index contributed by atoms with van der Waals surface area (Å²) in [6.45, 7) is 1.89. The molecule has 0 bridgehead atoms. The van der Waals surface area contributed by atoms with Crippen LogP contribution in [0.5, 0.6) is 0 Å². The van der Waals surface area contributed by atoms with Gasteiger partial charge in [-0.25, -0.2) is 8.42 Å². The number of hydrogen-bond acceptors (Lipinski definition) is 3. The molecule has 0 N–H and O–H groups in total. The maximum atomic E-state index is 11.9. The van der Waals surface area contributed by atoms with E-state index in [2.05, 4.69) is 0 Å². The Morgan fingerprint density at radius 1 is 1.18 bits per heavy atom. The van der Waals surface area contributed by atoms with E-state index in [1.165, 1.54) is 4.90 Å². The van der Waals surface area contributed by atoms with Crippen molar-refractivity contribution in [2.75, 3.05) is 19.8 Å². The minimum absolute atomic E-state index is 0.0171. The molecule has 0 aromatic heterocycles. The molecule has 5 heteroatoms. The van der Waals surface area contributed by atoms with Crippen molar-refractivity contribution in [2.45, 2.75) is 18.2 Å². The third kappa shape index (κ3) is 3.85.